The van der Waals surface area contributed by atoms with Crippen molar-refractivity contribution in [2.24, 2.45) is 0 Å². The van der Waals surface area contributed by atoms with Crippen molar-refractivity contribution in [3.8, 4) is 5.75 Å². The van der Waals surface area contributed by atoms with Gasteiger partial charge >= 0.3 is 6.18 Å². The summed E-state index contributed by atoms with van der Waals surface area (Å²) in [7, 11) is 0. The average molecular weight is 466 g/mol. The van der Waals surface area contributed by atoms with Gasteiger partial charge in [0.25, 0.3) is 0 Å². The molecule has 33 heavy (non-hydrogen) atoms. The standard InChI is InChI=1S/C22H22F4N4O3/c23-13-9-30(21-18(13)14(27)2-4-29-21)15-7-17(20(32)19(15)31)33-16-6-11(22(24,25)26)5-10-1-3-28-8-12(10)16/h2,4-6,9,15,17,19-20,28,31-32H,1,3,7-8H2,(H2,27,29)/t15-,17+,19+,20-/m1/s1. The molecule has 5 N–H and O–H groups in total. The third-order valence-corrected chi connectivity index (χ3v) is 6.44. The van der Waals surface area contributed by atoms with Crippen LogP contribution in [0.3, 0.4) is 0 Å². The van der Waals surface area contributed by atoms with Crippen molar-refractivity contribution in [2.75, 3.05) is 12.3 Å². The Bertz CT molecular complexity index is 1210. The number of fused-ring (bicyclic) bond motifs is 2. The van der Waals surface area contributed by atoms with Crippen molar-refractivity contribution in [1.29, 1.82) is 0 Å². The van der Waals surface area contributed by atoms with Crippen LogP contribution in [0.5, 0.6) is 5.75 Å². The molecule has 0 spiro atoms. The Morgan fingerprint density at radius 1 is 1.21 bits per heavy atom. The first-order chi connectivity index (χ1) is 15.6. The topological polar surface area (TPSA) is 106 Å². The second-order valence-corrected chi connectivity index (χ2v) is 8.46. The van der Waals surface area contributed by atoms with Gasteiger partial charge in [-0.1, -0.05) is 0 Å². The molecule has 0 radical (unpaired) electrons. The number of pyridine rings is 1. The lowest BCUT2D eigenvalue weighted by molar-refractivity contribution is -0.137. The molecule has 0 amide bonds. The first-order valence-electron chi connectivity index (χ1n) is 10.5. The normalized spacial score (nSPS) is 25.4. The summed E-state index contributed by atoms with van der Waals surface area (Å²) in [6, 6.07) is 2.68. The summed E-state index contributed by atoms with van der Waals surface area (Å²) >= 11 is 0. The molecule has 0 saturated heterocycles. The molecule has 1 fully saturated rings. The van der Waals surface area contributed by atoms with Gasteiger partial charge < -0.3 is 30.6 Å². The molecule has 3 aromatic rings. The minimum atomic E-state index is -4.55. The zero-order valence-corrected chi connectivity index (χ0v) is 17.3. The maximum Gasteiger partial charge on any atom is 0.416 e. The number of nitrogens with one attached hydrogen (secondary N) is 1. The molecule has 2 aliphatic rings. The molecule has 4 atom stereocenters. The predicted molar refractivity (Wildman–Crippen MR) is 111 cm³/mol. The van der Waals surface area contributed by atoms with Gasteiger partial charge in [-0.2, -0.15) is 13.2 Å². The maximum atomic E-state index is 14.5. The van der Waals surface area contributed by atoms with E-state index < -0.39 is 41.9 Å². The van der Waals surface area contributed by atoms with Crippen LogP contribution in [-0.4, -0.2) is 44.6 Å². The number of halogens is 4. The Hall–Kier alpha value is -2.89. The highest BCUT2D eigenvalue weighted by Gasteiger charge is 2.45. The largest absolute Gasteiger partial charge is 0.487 e. The van der Waals surface area contributed by atoms with E-state index in [-0.39, 0.29) is 28.9 Å². The monoisotopic (exact) mass is 466 g/mol. The van der Waals surface area contributed by atoms with Gasteiger partial charge in [0.15, 0.2) is 5.82 Å². The Balaban J connectivity index is 1.49. The first kappa shape index (κ1) is 21.9. The van der Waals surface area contributed by atoms with Crippen LogP contribution in [0.2, 0.25) is 0 Å². The van der Waals surface area contributed by atoms with Crippen LogP contribution in [0.1, 0.15) is 29.2 Å². The van der Waals surface area contributed by atoms with Crippen molar-refractivity contribution < 1.29 is 32.5 Å². The molecule has 5 rings (SSSR count). The number of benzene rings is 1. The smallest absolute Gasteiger partial charge is 0.416 e. The maximum absolute atomic E-state index is 14.5. The number of aliphatic hydroxyl groups excluding tert-OH is 2. The molecule has 7 nitrogen and oxygen atoms in total. The van der Waals surface area contributed by atoms with Gasteiger partial charge in [0.05, 0.1) is 17.0 Å². The fourth-order valence-corrected chi connectivity index (χ4v) is 4.76. The number of alkyl halides is 3. The molecule has 1 aromatic carbocycles. The summed E-state index contributed by atoms with van der Waals surface area (Å²) in [5, 5.41) is 24.6. The molecule has 1 aliphatic heterocycles. The summed E-state index contributed by atoms with van der Waals surface area (Å²) in [6.07, 6.45) is -5.33. The van der Waals surface area contributed by atoms with E-state index >= 15 is 0 Å². The number of nitrogens with zero attached hydrogens (tertiary/aromatic N) is 2. The second-order valence-electron chi connectivity index (χ2n) is 8.46. The van der Waals surface area contributed by atoms with E-state index in [2.05, 4.69) is 10.3 Å². The Morgan fingerprint density at radius 3 is 2.76 bits per heavy atom. The molecule has 176 valence electrons. The summed E-state index contributed by atoms with van der Waals surface area (Å²) in [5.41, 5.74) is 6.51. The zero-order valence-electron chi connectivity index (χ0n) is 17.3. The van der Waals surface area contributed by atoms with E-state index in [1.54, 1.807) is 0 Å². The highest BCUT2D eigenvalue weighted by molar-refractivity contribution is 5.89. The van der Waals surface area contributed by atoms with E-state index in [9.17, 15) is 27.8 Å². The number of nitrogens with two attached hydrogens (primary N) is 1. The summed E-state index contributed by atoms with van der Waals surface area (Å²) in [5.74, 6) is -0.616. The van der Waals surface area contributed by atoms with Gasteiger partial charge in [0.1, 0.15) is 29.7 Å². The number of hydrogen-bond donors (Lipinski definition) is 4. The van der Waals surface area contributed by atoms with Gasteiger partial charge in [-0.05, 0) is 36.7 Å². The number of ether oxygens (including phenoxy) is 1. The second kappa shape index (κ2) is 7.86. The van der Waals surface area contributed by atoms with E-state index in [4.69, 9.17) is 10.5 Å². The van der Waals surface area contributed by atoms with Gasteiger partial charge in [-0.3, -0.25) is 0 Å². The van der Waals surface area contributed by atoms with Crippen LogP contribution in [0, 0.1) is 5.82 Å². The average Bonchev–Trinajstić information content (AvgIpc) is 3.25. The Morgan fingerprint density at radius 2 is 2.00 bits per heavy atom. The SMILES string of the molecule is Nc1ccnc2c1c(F)cn2[C@@H]1C[C@H](Oc2cc(C(F)(F)F)cc3c2CNCC3)[C@@H](O)[C@H]1O. The number of aromatic nitrogens is 2. The Labute approximate surface area is 185 Å². The summed E-state index contributed by atoms with van der Waals surface area (Å²) in [6.45, 7) is 0.872. The fraction of sp³-hybridized carbons (Fsp3) is 0.409. The van der Waals surface area contributed by atoms with Crippen LogP contribution >= 0.6 is 0 Å². The number of anilines is 1. The van der Waals surface area contributed by atoms with E-state index in [0.717, 1.165) is 18.3 Å². The summed E-state index contributed by atoms with van der Waals surface area (Å²) in [4.78, 5) is 4.15. The van der Waals surface area contributed by atoms with Crippen LogP contribution in [-0.2, 0) is 19.1 Å². The Kier molecular flexibility index (Phi) is 5.22. The lowest BCUT2D eigenvalue weighted by atomic mass is 9.97. The highest BCUT2D eigenvalue weighted by Crippen LogP contribution is 2.40. The molecular formula is C22H22F4N4O3. The fourth-order valence-electron chi connectivity index (χ4n) is 4.76. The molecule has 11 heteroatoms. The van der Waals surface area contributed by atoms with E-state index in [0.29, 0.717) is 30.6 Å². The van der Waals surface area contributed by atoms with E-state index in [1.165, 1.54) is 16.8 Å². The van der Waals surface area contributed by atoms with Gasteiger partial charge in [0, 0.05) is 36.6 Å². The van der Waals surface area contributed by atoms with E-state index in [1.807, 2.05) is 0 Å². The summed E-state index contributed by atoms with van der Waals surface area (Å²) < 4.78 is 62.1. The lowest BCUT2D eigenvalue weighted by Crippen LogP contribution is -2.35. The van der Waals surface area contributed by atoms with Gasteiger partial charge in [-0.15, -0.1) is 0 Å². The van der Waals surface area contributed by atoms with Crippen molar-refractivity contribution >= 4 is 16.7 Å². The molecular weight excluding hydrogens is 444 g/mol. The third kappa shape index (κ3) is 3.69. The van der Waals surface area contributed by atoms with Crippen molar-refractivity contribution in [2.45, 2.75) is 49.9 Å². The van der Waals surface area contributed by atoms with Crippen molar-refractivity contribution in [1.82, 2.24) is 14.9 Å². The molecule has 2 aromatic heterocycles. The minimum Gasteiger partial charge on any atom is -0.487 e. The van der Waals surface area contributed by atoms with Crippen LogP contribution < -0.4 is 15.8 Å². The minimum absolute atomic E-state index is 0.00911. The first-order valence-corrected chi connectivity index (χ1v) is 10.5. The lowest BCUT2D eigenvalue weighted by Gasteiger charge is -2.25. The molecule has 1 saturated carbocycles. The molecule has 0 bridgehead atoms. The molecule has 1 aliphatic carbocycles. The molecule has 3 heterocycles. The third-order valence-electron chi connectivity index (χ3n) is 6.44. The van der Waals surface area contributed by atoms with Crippen molar-refractivity contribution in [3.63, 3.8) is 0 Å². The highest BCUT2D eigenvalue weighted by atomic mass is 19.4. The van der Waals surface area contributed by atoms with Crippen molar-refractivity contribution in [3.05, 3.63) is 53.1 Å². The van der Waals surface area contributed by atoms with Crippen LogP contribution in [0.25, 0.3) is 11.0 Å². The number of hydrogen-bond acceptors (Lipinski definition) is 6. The van der Waals surface area contributed by atoms with Crippen LogP contribution in [0.15, 0.2) is 30.6 Å². The quantitative estimate of drug-likeness (QED) is 0.442. The van der Waals surface area contributed by atoms with Crippen LogP contribution in [0.4, 0.5) is 23.2 Å². The molecule has 0 unspecified atom stereocenters. The predicted octanol–water partition coefficient (Wildman–Crippen LogP) is 2.54. The number of nitrogen functional groups attached to an aromatic ring is 1. The number of aliphatic hydroxyl groups is 2. The zero-order chi connectivity index (χ0) is 23.5. The van der Waals surface area contributed by atoms with Gasteiger partial charge in [-0.25, -0.2) is 9.37 Å². The van der Waals surface area contributed by atoms with Gasteiger partial charge in [0.2, 0.25) is 0 Å². The number of rotatable bonds is 3.